The van der Waals surface area contributed by atoms with Crippen molar-refractivity contribution in [2.45, 2.75) is 6.92 Å². The third-order valence-electron chi connectivity index (χ3n) is 1.70. The maximum Gasteiger partial charge on any atom is 0.339 e. The van der Waals surface area contributed by atoms with Gasteiger partial charge in [-0.2, -0.15) is 0 Å². The van der Waals surface area contributed by atoms with Crippen molar-refractivity contribution in [3.8, 4) is 0 Å². The molecule has 0 aromatic heterocycles. The van der Waals surface area contributed by atoms with E-state index < -0.39 is 5.97 Å². The fourth-order valence-corrected chi connectivity index (χ4v) is 1.46. The number of nitrogens with one attached hydrogen (secondary N) is 1. The van der Waals surface area contributed by atoms with E-state index in [1.54, 1.807) is 18.2 Å². The van der Waals surface area contributed by atoms with Crippen molar-refractivity contribution in [2.75, 3.05) is 12.4 Å². The molecule has 0 atom stereocenters. The SMILES string of the molecule is COC(=O)c1ccc(Br)cc1NC(C)=O. The van der Waals surface area contributed by atoms with Crippen molar-refractivity contribution >= 4 is 33.5 Å². The summed E-state index contributed by atoms with van der Waals surface area (Å²) >= 11 is 3.25. The second-order valence-corrected chi connectivity index (χ2v) is 3.78. The van der Waals surface area contributed by atoms with Gasteiger partial charge in [-0.25, -0.2) is 4.79 Å². The van der Waals surface area contributed by atoms with Crippen LogP contribution in [-0.2, 0) is 9.53 Å². The molecule has 1 rings (SSSR count). The minimum atomic E-state index is -0.480. The van der Waals surface area contributed by atoms with Crippen LogP contribution in [0.15, 0.2) is 22.7 Å². The minimum absolute atomic E-state index is 0.238. The first-order valence-electron chi connectivity index (χ1n) is 4.20. The first-order valence-corrected chi connectivity index (χ1v) is 4.99. The molecule has 0 heterocycles. The number of rotatable bonds is 2. The molecule has 15 heavy (non-hydrogen) atoms. The van der Waals surface area contributed by atoms with Gasteiger partial charge in [0, 0.05) is 11.4 Å². The number of ether oxygens (including phenoxy) is 1. The van der Waals surface area contributed by atoms with E-state index in [1.807, 2.05) is 0 Å². The van der Waals surface area contributed by atoms with E-state index in [-0.39, 0.29) is 5.91 Å². The largest absolute Gasteiger partial charge is 0.465 e. The molecule has 0 spiro atoms. The van der Waals surface area contributed by atoms with Gasteiger partial charge in [0.15, 0.2) is 0 Å². The Labute approximate surface area is 95.7 Å². The number of hydrogen-bond donors (Lipinski definition) is 1. The van der Waals surface area contributed by atoms with Crippen LogP contribution in [0.4, 0.5) is 5.69 Å². The highest BCUT2D eigenvalue weighted by Gasteiger charge is 2.12. The van der Waals surface area contributed by atoms with Crippen molar-refractivity contribution in [3.63, 3.8) is 0 Å². The maximum absolute atomic E-state index is 11.3. The summed E-state index contributed by atoms with van der Waals surface area (Å²) in [6.45, 7) is 1.38. The molecular weight excluding hydrogens is 262 g/mol. The summed E-state index contributed by atoms with van der Waals surface area (Å²) in [5.41, 5.74) is 0.764. The van der Waals surface area contributed by atoms with Gasteiger partial charge in [0.2, 0.25) is 5.91 Å². The van der Waals surface area contributed by atoms with E-state index in [0.717, 1.165) is 4.47 Å². The summed E-state index contributed by atoms with van der Waals surface area (Å²) < 4.78 is 5.37. The lowest BCUT2D eigenvalue weighted by Crippen LogP contribution is -2.11. The fraction of sp³-hybridized carbons (Fsp3) is 0.200. The average Bonchev–Trinajstić information content (AvgIpc) is 2.16. The van der Waals surface area contributed by atoms with E-state index in [0.29, 0.717) is 11.3 Å². The number of amides is 1. The van der Waals surface area contributed by atoms with Gasteiger partial charge in [-0.05, 0) is 18.2 Å². The molecule has 1 amide bonds. The molecule has 0 unspecified atom stereocenters. The first kappa shape index (κ1) is 11.7. The van der Waals surface area contributed by atoms with Gasteiger partial charge in [-0.1, -0.05) is 15.9 Å². The standard InChI is InChI=1S/C10H10BrNO3/c1-6(13)12-9-5-7(11)3-4-8(9)10(14)15-2/h3-5H,1-2H3,(H,12,13). The molecule has 80 valence electrons. The van der Waals surface area contributed by atoms with E-state index in [9.17, 15) is 9.59 Å². The summed E-state index contributed by atoms with van der Waals surface area (Å²) in [5, 5.41) is 2.56. The average molecular weight is 272 g/mol. The molecule has 1 N–H and O–H groups in total. The maximum atomic E-state index is 11.3. The zero-order valence-corrected chi connectivity index (χ0v) is 9.92. The van der Waals surface area contributed by atoms with Crippen molar-refractivity contribution in [2.24, 2.45) is 0 Å². The molecular formula is C10H10BrNO3. The number of carbonyl (C=O) groups is 2. The quantitative estimate of drug-likeness (QED) is 0.839. The number of hydrogen-bond acceptors (Lipinski definition) is 3. The monoisotopic (exact) mass is 271 g/mol. The number of anilines is 1. The minimum Gasteiger partial charge on any atom is -0.465 e. The smallest absolute Gasteiger partial charge is 0.339 e. The summed E-state index contributed by atoms with van der Waals surface area (Å²) in [6.07, 6.45) is 0. The van der Waals surface area contributed by atoms with E-state index in [4.69, 9.17) is 0 Å². The van der Waals surface area contributed by atoms with E-state index in [1.165, 1.54) is 14.0 Å². The Kier molecular flexibility index (Phi) is 3.85. The van der Waals surface area contributed by atoms with Gasteiger partial charge in [0.1, 0.15) is 0 Å². The topological polar surface area (TPSA) is 55.4 Å². The third kappa shape index (κ3) is 3.06. The molecule has 0 radical (unpaired) electrons. The molecule has 5 heteroatoms. The highest BCUT2D eigenvalue weighted by molar-refractivity contribution is 9.10. The van der Waals surface area contributed by atoms with Crippen molar-refractivity contribution in [1.82, 2.24) is 0 Å². The lowest BCUT2D eigenvalue weighted by Gasteiger charge is -2.08. The van der Waals surface area contributed by atoms with Gasteiger partial charge in [0.05, 0.1) is 18.4 Å². The van der Waals surface area contributed by atoms with Gasteiger partial charge in [0.25, 0.3) is 0 Å². The van der Waals surface area contributed by atoms with Crippen molar-refractivity contribution in [1.29, 1.82) is 0 Å². The molecule has 0 aliphatic heterocycles. The molecule has 0 saturated carbocycles. The first-order chi connectivity index (χ1) is 7.04. The molecule has 1 aromatic carbocycles. The highest BCUT2D eigenvalue weighted by Crippen LogP contribution is 2.22. The number of esters is 1. The van der Waals surface area contributed by atoms with Crippen LogP contribution in [0.1, 0.15) is 17.3 Å². The summed E-state index contributed by atoms with van der Waals surface area (Å²) in [6, 6.07) is 4.94. The van der Waals surface area contributed by atoms with E-state index in [2.05, 4.69) is 26.0 Å². The van der Waals surface area contributed by atoms with Gasteiger partial charge in [-0.3, -0.25) is 4.79 Å². The van der Waals surface area contributed by atoms with Crippen LogP contribution in [0.3, 0.4) is 0 Å². The number of carbonyl (C=O) groups excluding carboxylic acids is 2. The molecule has 4 nitrogen and oxygen atoms in total. The Hall–Kier alpha value is -1.36. The zero-order chi connectivity index (χ0) is 11.4. The van der Waals surface area contributed by atoms with Crippen LogP contribution >= 0.6 is 15.9 Å². The fourth-order valence-electron chi connectivity index (χ4n) is 1.10. The Balaban J connectivity index is 3.13. The van der Waals surface area contributed by atoms with Gasteiger partial charge < -0.3 is 10.1 Å². The highest BCUT2D eigenvalue weighted by atomic mass is 79.9. The normalized spacial score (nSPS) is 9.53. The second kappa shape index (κ2) is 4.93. The van der Waals surface area contributed by atoms with E-state index >= 15 is 0 Å². The Morgan fingerprint density at radius 2 is 2.07 bits per heavy atom. The Bertz CT molecular complexity index is 404. The van der Waals surface area contributed by atoms with Crippen LogP contribution in [0.2, 0.25) is 0 Å². The van der Waals surface area contributed by atoms with Crippen molar-refractivity contribution < 1.29 is 14.3 Å². The molecule has 1 aromatic rings. The molecule has 0 aliphatic rings. The van der Waals surface area contributed by atoms with Crippen LogP contribution in [-0.4, -0.2) is 19.0 Å². The van der Waals surface area contributed by atoms with Crippen molar-refractivity contribution in [3.05, 3.63) is 28.2 Å². The Morgan fingerprint density at radius 1 is 1.40 bits per heavy atom. The predicted molar refractivity (Wildman–Crippen MR) is 59.8 cm³/mol. The second-order valence-electron chi connectivity index (χ2n) is 2.86. The van der Waals surface area contributed by atoms with Crippen LogP contribution in [0.25, 0.3) is 0 Å². The lowest BCUT2D eigenvalue weighted by atomic mass is 10.2. The van der Waals surface area contributed by atoms with Crippen LogP contribution in [0.5, 0.6) is 0 Å². The zero-order valence-electron chi connectivity index (χ0n) is 8.33. The van der Waals surface area contributed by atoms with Crippen LogP contribution < -0.4 is 5.32 Å². The van der Waals surface area contributed by atoms with Gasteiger partial charge in [-0.15, -0.1) is 0 Å². The predicted octanol–water partition coefficient (Wildman–Crippen LogP) is 2.19. The summed E-state index contributed by atoms with van der Waals surface area (Å²) in [5.74, 6) is -0.718. The van der Waals surface area contributed by atoms with Crippen LogP contribution in [0, 0.1) is 0 Å². The third-order valence-corrected chi connectivity index (χ3v) is 2.19. The molecule has 0 saturated heterocycles. The lowest BCUT2D eigenvalue weighted by molar-refractivity contribution is -0.114. The number of benzene rings is 1. The molecule has 0 fully saturated rings. The molecule has 0 aliphatic carbocycles. The van der Waals surface area contributed by atoms with Gasteiger partial charge >= 0.3 is 5.97 Å². The Morgan fingerprint density at radius 3 is 2.60 bits per heavy atom. The molecule has 0 bridgehead atoms. The summed E-state index contributed by atoms with van der Waals surface area (Å²) in [7, 11) is 1.29. The number of halogens is 1. The number of methoxy groups -OCH3 is 1. The summed E-state index contributed by atoms with van der Waals surface area (Å²) in [4.78, 5) is 22.2.